The second kappa shape index (κ2) is 4.66. The van der Waals surface area contributed by atoms with Gasteiger partial charge in [-0.2, -0.15) is 13.2 Å². The lowest BCUT2D eigenvalue weighted by molar-refractivity contribution is -0.138. The number of hydrogen-bond donors (Lipinski definition) is 0. The van der Waals surface area contributed by atoms with E-state index in [1.165, 1.54) is 12.1 Å². The Labute approximate surface area is 119 Å². The predicted molar refractivity (Wildman–Crippen MR) is 68.0 cm³/mol. The zero-order valence-electron chi connectivity index (χ0n) is 11.4. The molecule has 1 spiro atoms. The molecule has 1 aromatic carbocycles. The van der Waals surface area contributed by atoms with Gasteiger partial charge in [-0.3, -0.25) is 4.90 Å². The number of nitrogens with zero attached hydrogens (tertiary/aromatic N) is 1. The first kappa shape index (κ1) is 14.8. The van der Waals surface area contributed by atoms with E-state index in [9.17, 15) is 22.0 Å². The molecule has 1 saturated carbocycles. The SMILES string of the molecule is FC(F)(F)c1ccccc1CN1CCC2(CC1)CC2(F)F. The fraction of sp³-hybridized carbons (Fsp3) is 0.600. The zero-order chi connectivity index (χ0) is 15.3. The number of hydrogen-bond acceptors (Lipinski definition) is 1. The quantitative estimate of drug-likeness (QED) is 0.735. The highest BCUT2D eigenvalue weighted by atomic mass is 19.4. The van der Waals surface area contributed by atoms with Crippen LogP contribution in [0.25, 0.3) is 0 Å². The fourth-order valence-electron chi connectivity index (χ4n) is 3.24. The Hall–Kier alpha value is -1.17. The molecule has 1 aliphatic heterocycles. The number of piperidine rings is 1. The molecule has 3 rings (SSSR count). The number of likely N-dealkylation sites (tertiary alicyclic amines) is 1. The third-order valence-corrected chi connectivity index (χ3v) is 4.74. The summed E-state index contributed by atoms with van der Waals surface area (Å²) in [6.07, 6.45) is -3.70. The Morgan fingerprint density at radius 3 is 2.14 bits per heavy atom. The Morgan fingerprint density at radius 2 is 1.62 bits per heavy atom. The largest absolute Gasteiger partial charge is 0.416 e. The zero-order valence-corrected chi connectivity index (χ0v) is 11.4. The van der Waals surface area contributed by atoms with Crippen LogP contribution in [0.4, 0.5) is 22.0 Å². The van der Waals surface area contributed by atoms with Crippen LogP contribution in [-0.2, 0) is 12.7 Å². The lowest BCUT2D eigenvalue weighted by Crippen LogP contribution is -2.36. The van der Waals surface area contributed by atoms with Crippen LogP contribution in [-0.4, -0.2) is 23.9 Å². The normalized spacial score (nSPS) is 24.2. The van der Waals surface area contributed by atoms with Crippen LogP contribution in [0.5, 0.6) is 0 Å². The highest BCUT2D eigenvalue weighted by Crippen LogP contribution is 2.65. The number of alkyl halides is 5. The van der Waals surface area contributed by atoms with E-state index in [1.54, 1.807) is 6.07 Å². The third kappa shape index (κ3) is 2.65. The van der Waals surface area contributed by atoms with Crippen molar-refractivity contribution in [2.45, 2.75) is 37.9 Å². The van der Waals surface area contributed by atoms with Crippen LogP contribution in [0, 0.1) is 5.41 Å². The molecule has 0 atom stereocenters. The highest BCUT2D eigenvalue weighted by Gasteiger charge is 2.70. The van der Waals surface area contributed by atoms with Gasteiger partial charge in [-0.05, 0) is 37.6 Å². The number of halogens is 5. The second-order valence-electron chi connectivity index (χ2n) is 6.09. The minimum absolute atomic E-state index is 0.0625. The minimum Gasteiger partial charge on any atom is -0.299 e. The molecule has 0 bridgehead atoms. The van der Waals surface area contributed by atoms with Crippen LogP contribution >= 0.6 is 0 Å². The molecule has 21 heavy (non-hydrogen) atoms. The molecule has 1 nitrogen and oxygen atoms in total. The summed E-state index contributed by atoms with van der Waals surface area (Å²) in [6.45, 7) is 1.03. The lowest BCUT2D eigenvalue weighted by atomic mass is 9.92. The maximum Gasteiger partial charge on any atom is 0.416 e. The van der Waals surface area contributed by atoms with E-state index in [0.717, 1.165) is 6.07 Å². The van der Waals surface area contributed by atoms with Gasteiger partial charge < -0.3 is 0 Å². The molecule has 0 N–H and O–H groups in total. The van der Waals surface area contributed by atoms with Crippen LogP contribution < -0.4 is 0 Å². The molecular weight excluding hydrogens is 289 g/mol. The van der Waals surface area contributed by atoms with E-state index in [2.05, 4.69) is 0 Å². The summed E-state index contributed by atoms with van der Waals surface area (Å²) in [5.74, 6) is -2.57. The first-order chi connectivity index (χ1) is 9.74. The van der Waals surface area contributed by atoms with Gasteiger partial charge in [-0.25, -0.2) is 8.78 Å². The van der Waals surface area contributed by atoms with Crippen molar-refractivity contribution in [1.82, 2.24) is 4.90 Å². The van der Waals surface area contributed by atoms with Gasteiger partial charge in [0.1, 0.15) is 0 Å². The Morgan fingerprint density at radius 1 is 1.05 bits per heavy atom. The van der Waals surface area contributed by atoms with Gasteiger partial charge in [0.15, 0.2) is 0 Å². The minimum atomic E-state index is -4.38. The summed E-state index contributed by atoms with van der Waals surface area (Å²) in [6, 6.07) is 5.46. The monoisotopic (exact) mass is 305 g/mol. The summed E-state index contributed by atoms with van der Waals surface area (Å²) in [5, 5.41) is 0. The summed E-state index contributed by atoms with van der Waals surface area (Å²) >= 11 is 0. The standard InChI is InChI=1S/C15H16F5N/c16-14(17)10-13(14)5-7-21(8-6-13)9-11-3-1-2-4-12(11)15(18,19)20/h1-4H,5-10H2. The second-order valence-corrected chi connectivity index (χ2v) is 6.09. The van der Waals surface area contributed by atoms with Gasteiger partial charge >= 0.3 is 6.18 Å². The molecule has 2 fully saturated rings. The molecule has 1 aliphatic carbocycles. The Balaban J connectivity index is 1.67. The average molecular weight is 305 g/mol. The lowest BCUT2D eigenvalue weighted by Gasteiger charge is -2.32. The molecule has 1 saturated heterocycles. The maximum atomic E-state index is 13.3. The van der Waals surface area contributed by atoms with Crippen molar-refractivity contribution in [3.05, 3.63) is 35.4 Å². The van der Waals surface area contributed by atoms with Gasteiger partial charge in [0.25, 0.3) is 5.92 Å². The molecule has 0 amide bonds. The van der Waals surface area contributed by atoms with E-state index >= 15 is 0 Å². The summed E-state index contributed by atoms with van der Waals surface area (Å²) in [4.78, 5) is 1.84. The van der Waals surface area contributed by atoms with Gasteiger partial charge in [-0.1, -0.05) is 18.2 Å². The van der Waals surface area contributed by atoms with Crippen molar-refractivity contribution in [2.24, 2.45) is 5.41 Å². The van der Waals surface area contributed by atoms with E-state index in [1.807, 2.05) is 4.90 Å². The number of rotatable bonds is 2. The topological polar surface area (TPSA) is 3.24 Å². The molecule has 0 aromatic heterocycles. The smallest absolute Gasteiger partial charge is 0.299 e. The third-order valence-electron chi connectivity index (χ3n) is 4.74. The van der Waals surface area contributed by atoms with Crippen molar-refractivity contribution >= 4 is 0 Å². The van der Waals surface area contributed by atoms with Gasteiger partial charge in [0.2, 0.25) is 0 Å². The van der Waals surface area contributed by atoms with Crippen LogP contribution in [0.15, 0.2) is 24.3 Å². The van der Waals surface area contributed by atoms with Crippen LogP contribution in [0.2, 0.25) is 0 Å². The Kier molecular flexibility index (Phi) is 3.28. The molecule has 2 aliphatic rings. The summed E-state index contributed by atoms with van der Waals surface area (Å²) in [7, 11) is 0. The van der Waals surface area contributed by atoms with E-state index < -0.39 is 23.1 Å². The fourth-order valence-corrected chi connectivity index (χ4v) is 3.24. The molecule has 6 heteroatoms. The number of benzene rings is 1. The first-order valence-electron chi connectivity index (χ1n) is 6.99. The summed E-state index contributed by atoms with van der Waals surface area (Å²) in [5.41, 5.74) is -1.29. The molecule has 1 heterocycles. The van der Waals surface area contributed by atoms with Crippen molar-refractivity contribution in [1.29, 1.82) is 0 Å². The predicted octanol–water partition coefficient (Wildman–Crippen LogP) is 4.33. The van der Waals surface area contributed by atoms with Crippen LogP contribution in [0.1, 0.15) is 30.4 Å². The maximum absolute atomic E-state index is 13.3. The molecule has 0 unspecified atom stereocenters. The Bertz CT molecular complexity index is 529. The average Bonchev–Trinajstić information content (AvgIpc) is 2.93. The van der Waals surface area contributed by atoms with E-state index in [0.29, 0.717) is 25.9 Å². The van der Waals surface area contributed by atoms with Crippen LogP contribution in [0.3, 0.4) is 0 Å². The van der Waals surface area contributed by atoms with E-state index in [-0.39, 0.29) is 18.5 Å². The van der Waals surface area contributed by atoms with Gasteiger partial charge in [0.05, 0.1) is 5.56 Å². The molecule has 1 aromatic rings. The van der Waals surface area contributed by atoms with Crippen molar-refractivity contribution in [3.63, 3.8) is 0 Å². The van der Waals surface area contributed by atoms with Crippen molar-refractivity contribution in [2.75, 3.05) is 13.1 Å². The highest BCUT2D eigenvalue weighted by molar-refractivity contribution is 5.29. The van der Waals surface area contributed by atoms with Crippen molar-refractivity contribution < 1.29 is 22.0 Å². The molecular formula is C15H16F5N. The summed E-state index contributed by atoms with van der Waals surface area (Å²) < 4.78 is 65.3. The van der Waals surface area contributed by atoms with Gasteiger partial charge in [0, 0.05) is 18.4 Å². The molecule has 116 valence electrons. The molecule has 0 radical (unpaired) electrons. The van der Waals surface area contributed by atoms with Gasteiger partial charge in [-0.15, -0.1) is 0 Å². The van der Waals surface area contributed by atoms with Crippen molar-refractivity contribution in [3.8, 4) is 0 Å². The van der Waals surface area contributed by atoms with E-state index in [4.69, 9.17) is 0 Å². The first-order valence-corrected chi connectivity index (χ1v) is 6.99.